The molecule has 0 radical (unpaired) electrons. The molecule has 2 aliphatic rings. The molecule has 1 aromatic carbocycles. The SMILES string of the molecule is C[C@@H]1Oc2ccccc2N(CCC(=O)N2CCCCCC2)C1=O. The largest absolute Gasteiger partial charge is 0.479 e. The first-order valence-electron chi connectivity index (χ1n) is 8.51. The van der Waals surface area contributed by atoms with E-state index >= 15 is 0 Å². The fourth-order valence-corrected chi connectivity index (χ4v) is 3.28. The van der Waals surface area contributed by atoms with Crippen LogP contribution in [0.2, 0.25) is 0 Å². The van der Waals surface area contributed by atoms with Crippen LogP contribution in [0.25, 0.3) is 0 Å². The van der Waals surface area contributed by atoms with E-state index in [0.29, 0.717) is 18.7 Å². The molecule has 2 heterocycles. The molecule has 1 saturated heterocycles. The van der Waals surface area contributed by atoms with Crippen LogP contribution in [0.1, 0.15) is 39.0 Å². The van der Waals surface area contributed by atoms with E-state index in [0.717, 1.165) is 31.6 Å². The van der Waals surface area contributed by atoms with E-state index in [1.54, 1.807) is 11.8 Å². The fraction of sp³-hybridized carbons (Fsp3) is 0.556. The third kappa shape index (κ3) is 3.49. The van der Waals surface area contributed by atoms with Gasteiger partial charge in [-0.1, -0.05) is 25.0 Å². The Kier molecular flexibility index (Phi) is 4.84. The standard InChI is InChI=1S/C18H24N2O3/c1-14-18(22)20(15-8-4-5-9-16(15)23-14)13-10-17(21)19-11-6-2-3-7-12-19/h4-5,8-9,14H,2-3,6-7,10-13H2,1H3/t14-/m0/s1. The minimum absolute atomic E-state index is 0.0765. The van der Waals surface area contributed by atoms with Crippen molar-refractivity contribution < 1.29 is 14.3 Å². The molecule has 124 valence electrons. The maximum Gasteiger partial charge on any atom is 0.267 e. The number of likely N-dealkylation sites (tertiary alicyclic amines) is 1. The van der Waals surface area contributed by atoms with E-state index in [1.807, 2.05) is 29.2 Å². The van der Waals surface area contributed by atoms with Crippen molar-refractivity contribution in [1.82, 2.24) is 4.90 Å². The van der Waals surface area contributed by atoms with Crippen LogP contribution < -0.4 is 9.64 Å². The summed E-state index contributed by atoms with van der Waals surface area (Å²) >= 11 is 0. The van der Waals surface area contributed by atoms with Gasteiger partial charge in [-0.15, -0.1) is 0 Å². The first kappa shape index (κ1) is 15.8. The van der Waals surface area contributed by atoms with E-state index in [1.165, 1.54) is 12.8 Å². The molecule has 0 aliphatic carbocycles. The number of para-hydroxylation sites is 2. The van der Waals surface area contributed by atoms with E-state index in [2.05, 4.69) is 0 Å². The highest BCUT2D eigenvalue weighted by molar-refractivity contribution is 6.00. The predicted molar refractivity (Wildman–Crippen MR) is 88.6 cm³/mol. The predicted octanol–water partition coefficient (Wildman–Crippen LogP) is 2.59. The average molecular weight is 316 g/mol. The first-order chi connectivity index (χ1) is 11.2. The lowest BCUT2D eigenvalue weighted by atomic mass is 10.1. The molecule has 0 bridgehead atoms. The summed E-state index contributed by atoms with van der Waals surface area (Å²) in [5.74, 6) is 0.783. The number of fused-ring (bicyclic) bond motifs is 1. The van der Waals surface area contributed by atoms with Crippen LogP contribution in [-0.4, -0.2) is 42.5 Å². The second-order valence-electron chi connectivity index (χ2n) is 6.26. The summed E-state index contributed by atoms with van der Waals surface area (Å²) < 4.78 is 5.63. The van der Waals surface area contributed by atoms with Crippen LogP contribution >= 0.6 is 0 Å². The molecular weight excluding hydrogens is 292 g/mol. The molecule has 1 fully saturated rings. The number of anilines is 1. The van der Waals surface area contributed by atoms with Crippen molar-refractivity contribution in [3.8, 4) is 5.75 Å². The van der Waals surface area contributed by atoms with Crippen LogP contribution in [0.3, 0.4) is 0 Å². The Bertz CT molecular complexity index is 579. The van der Waals surface area contributed by atoms with Crippen molar-refractivity contribution in [3.63, 3.8) is 0 Å². The minimum atomic E-state index is -0.502. The van der Waals surface area contributed by atoms with Gasteiger partial charge in [-0.3, -0.25) is 9.59 Å². The van der Waals surface area contributed by atoms with Crippen LogP contribution in [0, 0.1) is 0 Å². The molecule has 3 rings (SSSR count). The smallest absolute Gasteiger partial charge is 0.267 e. The number of hydrogen-bond donors (Lipinski definition) is 0. The molecule has 2 amide bonds. The van der Waals surface area contributed by atoms with Gasteiger partial charge >= 0.3 is 0 Å². The van der Waals surface area contributed by atoms with Crippen LogP contribution in [0.5, 0.6) is 5.75 Å². The molecule has 0 saturated carbocycles. The number of nitrogens with zero attached hydrogens (tertiary/aromatic N) is 2. The van der Waals surface area contributed by atoms with Crippen molar-refractivity contribution in [3.05, 3.63) is 24.3 Å². The zero-order chi connectivity index (χ0) is 16.2. The van der Waals surface area contributed by atoms with Crippen LogP contribution in [0.4, 0.5) is 5.69 Å². The molecule has 0 unspecified atom stereocenters. The van der Waals surface area contributed by atoms with Gasteiger partial charge in [0.25, 0.3) is 5.91 Å². The monoisotopic (exact) mass is 316 g/mol. The number of carbonyl (C=O) groups excluding carboxylic acids is 2. The number of rotatable bonds is 3. The third-order valence-electron chi connectivity index (χ3n) is 4.58. The van der Waals surface area contributed by atoms with Gasteiger partial charge < -0.3 is 14.5 Å². The minimum Gasteiger partial charge on any atom is -0.479 e. The van der Waals surface area contributed by atoms with Crippen LogP contribution in [-0.2, 0) is 9.59 Å². The number of hydrogen-bond acceptors (Lipinski definition) is 3. The van der Waals surface area contributed by atoms with Crippen molar-refractivity contribution in [1.29, 1.82) is 0 Å². The van der Waals surface area contributed by atoms with E-state index < -0.39 is 6.10 Å². The number of benzene rings is 1. The molecule has 0 spiro atoms. The molecular formula is C18H24N2O3. The molecule has 1 aromatic rings. The van der Waals surface area contributed by atoms with E-state index in [4.69, 9.17) is 4.74 Å². The molecule has 0 N–H and O–H groups in total. The van der Waals surface area contributed by atoms with Gasteiger partial charge in [0.05, 0.1) is 5.69 Å². The van der Waals surface area contributed by atoms with Gasteiger partial charge in [-0.05, 0) is 31.9 Å². The molecule has 2 aliphatic heterocycles. The topological polar surface area (TPSA) is 49.9 Å². The lowest BCUT2D eigenvalue weighted by Crippen LogP contribution is -2.46. The van der Waals surface area contributed by atoms with Crippen molar-refractivity contribution in [2.75, 3.05) is 24.5 Å². The van der Waals surface area contributed by atoms with E-state index in [-0.39, 0.29) is 11.8 Å². The molecule has 5 heteroatoms. The van der Waals surface area contributed by atoms with Gasteiger partial charge in [0.2, 0.25) is 5.91 Å². The highest BCUT2D eigenvalue weighted by atomic mass is 16.5. The fourth-order valence-electron chi connectivity index (χ4n) is 3.28. The maximum atomic E-state index is 12.5. The number of ether oxygens (including phenoxy) is 1. The normalized spacial score (nSPS) is 21.4. The van der Waals surface area contributed by atoms with Crippen molar-refractivity contribution in [2.24, 2.45) is 0 Å². The Morgan fingerprint density at radius 1 is 1.17 bits per heavy atom. The van der Waals surface area contributed by atoms with Gasteiger partial charge in [0, 0.05) is 26.1 Å². The highest BCUT2D eigenvalue weighted by Crippen LogP contribution is 2.33. The Morgan fingerprint density at radius 3 is 2.61 bits per heavy atom. The summed E-state index contributed by atoms with van der Waals surface area (Å²) in [6, 6.07) is 7.51. The maximum absolute atomic E-state index is 12.5. The summed E-state index contributed by atoms with van der Waals surface area (Å²) in [6.45, 7) is 3.87. The third-order valence-corrected chi connectivity index (χ3v) is 4.58. The zero-order valence-corrected chi connectivity index (χ0v) is 13.7. The Balaban J connectivity index is 1.67. The number of amides is 2. The van der Waals surface area contributed by atoms with Gasteiger partial charge in [-0.25, -0.2) is 0 Å². The Morgan fingerprint density at radius 2 is 1.87 bits per heavy atom. The Labute approximate surface area is 137 Å². The molecule has 23 heavy (non-hydrogen) atoms. The second kappa shape index (κ2) is 7.02. The van der Waals surface area contributed by atoms with Crippen molar-refractivity contribution >= 4 is 17.5 Å². The van der Waals surface area contributed by atoms with Gasteiger partial charge in [0.15, 0.2) is 6.10 Å². The quantitative estimate of drug-likeness (QED) is 0.861. The summed E-state index contributed by atoms with van der Waals surface area (Å²) in [5.41, 5.74) is 0.763. The molecule has 5 nitrogen and oxygen atoms in total. The average Bonchev–Trinajstić information content (AvgIpc) is 2.84. The molecule has 1 atom stereocenters. The molecule has 0 aromatic heterocycles. The highest BCUT2D eigenvalue weighted by Gasteiger charge is 2.31. The number of carbonyl (C=O) groups is 2. The van der Waals surface area contributed by atoms with E-state index in [9.17, 15) is 9.59 Å². The second-order valence-corrected chi connectivity index (χ2v) is 6.26. The first-order valence-corrected chi connectivity index (χ1v) is 8.51. The summed E-state index contributed by atoms with van der Waals surface area (Å²) in [5, 5.41) is 0. The van der Waals surface area contributed by atoms with Crippen LogP contribution in [0.15, 0.2) is 24.3 Å². The Hall–Kier alpha value is -2.04. The summed E-state index contributed by atoms with van der Waals surface area (Å²) in [4.78, 5) is 28.5. The zero-order valence-electron chi connectivity index (χ0n) is 13.7. The summed E-state index contributed by atoms with van der Waals surface area (Å²) in [6.07, 6.45) is 4.45. The lowest BCUT2D eigenvalue weighted by Gasteiger charge is -2.33. The van der Waals surface area contributed by atoms with Gasteiger partial charge in [0.1, 0.15) is 5.75 Å². The van der Waals surface area contributed by atoms with Crippen molar-refractivity contribution in [2.45, 2.75) is 45.1 Å². The summed E-state index contributed by atoms with van der Waals surface area (Å²) in [7, 11) is 0. The van der Waals surface area contributed by atoms with Gasteiger partial charge in [-0.2, -0.15) is 0 Å². The lowest BCUT2D eigenvalue weighted by molar-refractivity contribution is -0.131.